The second-order valence-corrected chi connectivity index (χ2v) is 10.5. The van der Waals surface area contributed by atoms with E-state index in [1.54, 1.807) is 18.3 Å². The van der Waals surface area contributed by atoms with Crippen LogP contribution in [0.4, 0.5) is 4.39 Å². The van der Waals surface area contributed by atoms with E-state index >= 15 is 0 Å². The highest BCUT2D eigenvalue weighted by Gasteiger charge is 2.20. The zero-order valence-electron chi connectivity index (χ0n) is 14.2. The van der Waals surface area contributed by atoms with Gasteiger partial charge in [-0.1, -0.05) is 16.8 Å². The number of nitrogens with zero attached hydrogens (tertiary/aromatic N) is 5. The number of aromatic nitrogens is 5. The van der Waals surface area contributed by atoms with Crippen molar-refractivity contribution >= 4 is 21.6 Å². The van der Waals surface area contributed by atoms with E-state index in [2.05, 4.69) is 39.0 Å². The van der Waals surface area contributed by atoms with E-state index in [0.29, 0.717) is 17.3 Å². The van der Waals surface area contributed by atoms with Crippen molar-refractivity contribution in [1.29, 1.82) is 0 Å². The van der Waals surface area contributed by atoms with Crippen molar-refractivity contribution in [2.75, 3.05) is 25.9 Å². The number of rotatable bonds is 4. The van der Waals surface area contributed by atoms with Gasteiger partial charge in [0, 0.05) is 6.07 Å². The second-order valence-electron chi connectivity index (χ2n) is 6.04. The molecule has 9 heteroatoms. The van der Waals surface area contributed by atoms with Crippen molar-refractivity contribution in [3.63, 3.8) is 0 Å². The van der Waals surface area contributed by atoms with Gasteiger partial charge in [0.1, 0.15) is 11.4 Å². The maximum Gasteiger partial charge on any atom is 0.216 e. The Bertz CT molecular complexity index is 925. The molecule has 0 radical (unpaired) electrons. The standard InChI is InChI=1S/C16H17ClFN5OS/c1-24-13-7-11(19-9-20-13)15-12(6-5-10(17)16(15)18)23-8-14(21-22-23)25(2,3)4/h5-9H,1-4H3. The van der Waals surface area contributed by atoms with Gasteiger partial charge in [-0.25, -0.2) is 29.1 Å². The Morgan fingerprint density at radius 1 is 1.20 bits per heavy atom. The van der Waals surface area contributed by atoms with Crippen molar-refractivity contribution in [2.24, 2.45) is 0 Å². The molecule has 0 atom stereocenters. The van der Waals surface area contributed by atoms with Gasteiger partial charge in [0.05, 0.1) is 35.3 Å². The number of methoxy groups -OCH3 is 1. The smallest absolute Gasteiger partial charge is 0.216 e. The lowest BCUT2D eigenvalue weighted by molar-refractivity contribution is 0.397. The molecule has 0 aliphatic heterocycles. The Balaban J connectivity index is 2.21. The summed E-state index contributed by atoms with van der Waals surface area (Å²) < 4.78 is 21.5. The number of halogens is 2. The Morgan fingerprint density at radius 2 is 1.96 bits per heavy atom. The summed E-state index contributed by atoms with van der Waals surface area (Å²) in [5.74, 6) is -0.256. The lowest BCUT2D eigenvalue weighted by Gasteiger charge is -2.20. The predicted molar refractivity (Wildman–Crippen MR) is 97.5 cm³/mol. The molecule has 0 fully saturated rings. The fourth-order valence-corrected chi connectivity index (χ4v) is 3.06. The van der Waals surface area contributed by atoms with Crippen LogP contribution in [0.5, 0.6) is 5.88 Å². The van der Waals surface area contributed by atoms with E-state index in [9.17, 15) is 4.39 Å². The van der Waals surface area contributed by atoms with Gasteiger partial charge in [0.2, 0.25) is 5.88 Å². The molecule has 3 aromatic rings. The summed E-state index contributed by atoms with van der Waals surface area (Å²) in [6, 6.07) is 4.72. The molecule has 132 valence electrons. The van der Waals surface area contributed by atoms with Crippen LogP contribution in [0.2, 0.25) is 5.02 Å². The van der Waals surface area contributed by atoms with Gasteiger partial charge in [-0.3, -0.25) is 0 Å². The van der Waals surface area contributed by atoms with Gasteiger partial charge >= 0.3 is 0 Å². The topological polar surface area (TPSA) is 65.7 Å². The Hall–Kier alpha value is -2.19. The molecule has 25 heavy (non-hydrogen) atoms. The van der Waals surface area contributed by atoms with Gasteiger partial charge in [-0.15, -0.1) is 5.10 Å². The van der Waals surface area contributed by atoms with Gasteiger partial charge in [0.15, 0.2) is 5.82 Å². The highest BCUT2D eigenvalue weighted by molar-refractivity contribution is 8.32. The van der Waals surface area contributed by atoms with Gasteiger partial charge < -0.3 is 4.74 Å². The van der Waals surface area contributed by atoms with Crippen LogP contribution in [-0.2, 0) is 0 Å². The molecule has 2 aromatic heterocycles. The van der Waals surface area contributed by atoms with Crippen LogP contribution in [0.25, 0.3) is 16.9 Å². The normalized spacial score (nSPS) is 12.2. The summed E-state index contributed by atoms with van der Waals surface area (Å²) in [5.41, 5.74) is 1.06. The first-order valence-electron chi connectivity index (χ1n) is 7.26. The molecule has 1 aromatic carbocycles. The molecular weight excluding hydrogens is 365 g/mol. The maximum atomic E-state index is 14.8. The summed E-state index contributed by atoms with van der Waals surface area (Å²) in [5, 5.41) is 9.24. The highest BCUT2D eigenvalue weighted by Crippen LogP contribution is 2.43. The summed E-state index contributed by atoms with van der Waals surface area (Å²) >= 11 is 5.98. The van der Waals surface area contributed by atoms with Crippen molar-refractivity contribution in [3.8, 4) is 22.8 Å². The summed E-state index contributed by atoms with van der Waals surface area (Å²) in [4.78, 5) is 8.11. The number of ether oxygens (including phenoxy) is 1. The van der Waals surface area contributed by atoms with Crippen LogP contribution in [0.3, 0.4) is 0 Å². The molecule has 0 aliphatic carbocycles. The summed E-state index contributed by atoms with van der Waals surface area (Å²) in [6.45, 7) is 0. The Morgan fingerprint density at radius 3 is 2.60 bits per heavy atom. The van der Waals surface area contributed by atoms with Gasteiger partial charge in [0.25, 0.3) is 0 Å². The zero-order valence-corrected chi connectivity index (χ0v) is 15.8. The van der Waals surface area contributed by atoms with E-state index in [1.165, 1.54) is 24.2 Å². The maximum absolute atomic E-state index is 14.8. The van der Waals surface area contributed by atoms with E-state index in [1.807, 2.05) is 0 Å². The third kappa shape index (κ3) is 3.45. The molecule has 0 N–H and O–H groups in total. The molecule has 0 saturated heterocycles. The van der Waals surface area contributed by atoms with Crippen molar-refractivity contribution in [3.05, 3.63) is 41.6 Å². The monoisotopic (exact) mass is 381 g/mol. The quantitative estimate of drug-likeness (QED) is 0.691. The molecular formula is C16H17ClFN5OS. The molecule has 6 nitrogen and oxygen atoms in total. The number of hydrogen-bond donors (Lipinski definition) is 0. The first-order valence-corrected chi connectivity index (χ1v) is 10.5. The average molecular weight is 382 g/mol. The van der Waals surface area contributed by atoms with Crippen LogP contribution in [0, 0.1) is 5.82 Å². The molecule has 0 amide bonds. The SMILES string of the molecule is COc1cc(-c2c(-n3cc(S(C)(C)C)nn3)ccc(Cl)c2F)ncn1. The first-order chi connectivity index (χ1) is 11.8. The van der Waals surface area contributed by atoms with E-state index in [4.69, 9.17) is 16.3 Å². The van der Waals surface area contributed by atoms with Crippen LogP contribution in [-0.4, -0.2) is 50.8 Å². The summed E-state index contributed by atoms with van der Waals surface area (Å²) in [6.07, 6.45) is 9.45. The fraction of sp³-hybridized carbons (Fsp3) is 0.250. The van der Waals surface area contributed by atoms with Crippen molar-refractivity contribution in [1.82, 2.24) is 25.0 Å². The average Bonchev–Trinajstić information content (AvgIpc) is 3.07. The fourth-order valence-electron chi connectivity index (χ4n) is 2.21. The third-order valence-electron chi connectivity index (χ3n) is 3.53. The van der Waals surface area contributed by atoms with Crippen molar-refractivity contribution in [2.45, 2.75) is 5.03 Å². The lowest BCUT2D eigenvalue weighted by Crippen LogP contribution is -2.02. The highest BCUT2D eigenvalue weighted by atomic mass is 35.5. The Labute approximate surface area is 151 Å². The number of benzene rings is 1. The van der Waals surface area contributed by atoms with Crippen LogP contribution in [0.15, 0.2) is 35.7 Å². The van der Waals surface area contributed by atoms with Crippen LogP contribution in [0.1, 0.15) is 0 Å². The molecule has 0 aliphatic rings. The summed E-state index contributed by atoms with van der Waals surface area (Å²) in [7, 11) is 0.427. The van der Waals surface area contributed by atoms with Crippen LogP contribution >= 0.6 is 21.6 Å². The molecule has 2 heterocycles. The molecule has 0 saturated carbocycles. The minimum atomic E-state index is -1.06. The first kappa shape index (κ1) is 17.6. The van der Waals surface area contributed by atoms with E-state index in [-0.39, 0.29) is 10.6 Å². The minimum absolute atomic E-state index is 0.00175. The molecule has 0 spiro atoms. The number of hydrogen-bond acceptors (Lipinski definition) is 5. The predicted octanol–water partition coefficient (Wildman–Crippen LogP) is 3.58. The van der Waals surface area contributed by atoms with E-state index in [0.717, 1.165) is 5.03 Å². The largest absolute Gasteiger partial charge is 0.481 e. The second kappa shape index (κ2) is 6.61. The third-order valence-corrected chi connectivity index (χ3v) is 5.26. The Kier molecular flexibility index (Phi) is 4.66. The van der Waals surface area contributed by atoms with Crippen LogP contribution < -0.4 is 4.74 Å². The van der Waals surface area contributed by atoms with Gasteiger partial charge in [-0.2, -0.15) is 0 Å². The van der Waals surface area contributed by atoms with E-state index < -0.39 is 15.8 Å². The minimum Gasteiger partial charge on any atom is -0.481 e. The molecule has 0 unspecified atom stereocenters. The molecule has 0 bridgehead atoms. The lowest BCUT2D eigenvalue weighted by atomic mass is 10.1. The zero-order chi connectivity index (χ0) is 18.2. The molecule has 3 rings (SSSR count). The van der Waals surface area contributed by atoms with Gasteiger partial charge in [-0.05, 0) is 30.9 Å². The van der Waals surface area contributed by atoms with Crippen molar-refractivity contribution < 1.29 is 9.13 Å².